The van der Waals surface area contributed by atoms with E-state index in [-0.39, 0.29) is 11.3 Å². The summed E-state index contributed by atoms with van der Waals surface area (Å²) < 4.78 is 3.51. The highest BCUT2D eigenvalue weighted by Gasteiger charge is 2.34. The van der Waals surface area contributed by atoms with Gasteiger partial charge in [-0.05, 0) is 35.2 Å². The molecule has 0 saturated carbocycles. The van der Waals surface area contributed by atoms with E-state index in [0.29, 0.717) is 17.9 Å². The molecule has 1 atom stereocenters. The molecule has 2 aromatic rings. The highest BCUT2D eigenvalue weighted by Crippen LogP contribution is 2.29. The Bertz CT molecular complexity index is 687. The van der Waals surface area contributed by atoms with Crippen molar-refractivity contribution in [1.29, 1.82) is 0 Å². The number of rotatable bonds is 5. The molecule has 7 heteroatoms. The van der Waals surface area contributed by atoms with Crippen LogP contribution in [0.4, 0.5) is 0 Å². The van der Waals surface area contributed by atoms with Crippen LogP contribution in [0.2, 0.25) is 0 Å². The molecule has 0 aliphatic carbocycles. The summed E-state index contributed by atoms with van der Waals surface area (Å²) in [7, 11) is 0. The lowest BCUT2D eigenvalue weighted by molar-refractivity contribution is 0.0928. The summed E-state index contributed by atoms with van der Waals surface area (Å²) in [6, 6.07) is 10.9. The zero-order chi connectivity index (χ0) is 18.7. The molecule has 4 nitrogen and oxygen atoms in total. The van der Waals surface area contributed by atoms with Gasteiger partial charge in [0.1, 0.15) is 11.9 Å². The third-order valence-electron chi connectivity index (χ3n) is 3.68. The Balaban J connectivity index is 2.05. The van der Waals surface area contributed by atoms with Crippen molar-refractivity contribution in [3.63, 3.8) is 0 Å². The number of benzene rings is 1. The second kappa shape index (κ2) is 8.00. The molecule has 0 unspecified atom stereocenters. The Morgan fingerprint density at radius 1 is 1.12 bits per heavy atom. The molecule has 1 heterocycles. The smallest absolute Gasteiger partial charge is 0.252 e. The minimum Gasteiger partial charge on any atom is -0.468 e. The van der Waals surface area contributed by atoms with E-state index in [1.54, 1.807) is 30.5 Å². The fourth-order valence-electron chi connectivity index (χ4n) is 2.20. The number of carbonyl (C=O) groups excluding carboxylic acids is 1. The van der Waals surface area contributed by atoms with Gasteiger partial charge in [-0.2, -0.15) is 0 Å². The van der Waals surface area contributed by atoms with E-state index in [1.165, 1.54) is 0 Å². The Morgan fingerprint density at radius 2 is 1.76 bits per heavy atom. The molecule has 1 aromatic heterocycles. The van der Waals surface area contributed by atoms with Crippen LogP contribution in [0.15, 0.2) is 47.1 Å². The van der Waals surface area contributed by atoms with Crippen LogP contribution in [0.1, 0.15) is 42.5 Å². The average molecular weight is 404 g/mol. The first-order chi connectivity index (χ1) is 11.6. The number of amides is 1. The summed E-state index contributed by atoms with van der Waals surface area (Å²) in [5, 5.41) is 5.68. The molecule has 1 aromatic carbocycles. The van der Waals surface area contributed by atoms with Gasteiger partial charge in [0.2, 0.25) is 3.79 Å². The van der Waals surface area contributed by atoms with Crippen molar-refractivity contribution in [2.24, 2.45) is 0 Å². The standard InChI is InChI=1S/C18H21Cl3N2O2/c1-17(2,3)13-8-6-12(7-9-13)15(24)23-16(18(19,20)21)22-11-14-5-4-10-25-14/h4-10,16,22H,11H2,1-3H3,(H,23,24)/t16-/m0/s1. The minimum absolute atomic E-state index is 0.0136. The zero-order valence-corrected chi connectivity index (χ0v) is 16.5. The molecule has 2 rings (SSSR count). The Labute approximate surface area is 162 Å². The molecule has 0 aliphatic rings. The van der Waals surface area contributed by atoms with Gasteiger partial charge in [0.05, 0.1) is 12.8 Å². The lowest BCUT2D eigenvalue weighted by Crippen LogP contribution is -2.53. The molecule has 0 bridgehead atoms. The monoisotopic (exact) mass is 402 g/mol. The number of furan rings is 1. The van der Waals surface area contributed by atoms with Gasteiger partial charge >= 0.3 is 0 Å². The molecule has 0 saturated heterocycles. The van der Waals surface area contributed by atoms with Crippen LogP contribution in [0.25, 0.3) is 0 Å². The van der Waals surface area contributed by atoms with Gasteiger partial charge in [-0.3, -0.25) is 10.1 Å². The maximum Gasteiger partial charge on any atom is 0.252 e. The molecule has 136 valence electrons. The van der Waals surface area contributed by atoms with Gasteiger partial charge in [0.15, 0.2) is 0 Å². The van der Waals surface area contributed by atoms with Crippen LogP contribution in [0.3, 0.4) is 0 Å². The number of nitrogens with one attached hydrogen (secondary N) is 2. The van der Waals surface area contributed by atoms with Gasteiger partial charge in [-0.25, -0.2) is 0 Å². The van der Waals surface area contributed by atoms with Gasteiger partial charge in [-0.15, -0.1) is 0 Å². The molecule has 0 aliphatic heterocycles. The van der Waals surface area contributed by atoms with Gasteiger partial charge in [-0.1, -0.05) is 67.7 Å². The van der Waals surface area contributed by atoms with Crippen molar-refractivity contribution in [3.05, 3.63) is 59.5 Å². The van der Waals surface area contributed by atoms with Crippen molar-refractivity contribution in [3.8, 4) is 0 Å². The normalized spacial score (nSPS) is 13.5. The molecular formula is C18H21Cl3N2O2. The summed E-state index contributed by atoms with van der Waals surface area (Å²) in [6.07, 6.45) is 0.675. The lowest BCUT2D eigenvalue weighted by atomic mass is 9.87. The molecule has 0 radical (unpaired) electrons. The minimum atomic E-state index is -1.71. The van der Waals surface area contributed by atoms with Crippen LogP contribution < -0.4 is 10.6 Å². The van der Waals surface area contributed by atoms with Crippen LogP contribution in [0, 0.1) is 0 Å². The average Bonchev–Trinajstić information content (AvgIpc) is 3.02. The number of carbonyl (C=O) groups is 1. The molecule has 25 heavy (non-hydrogen) atoms. The number of alkyl halides is 3. The van der Waals surface area contributed by atoms with Gasteiger partial charge in [0.25, 0.3) is 5.91 Å². The van der Waals surface area contributed by atoms with E-state index >= 15 is 0 Å². The highest BCUT2D eigenvalue weighted by molar-refractivity contribution is 6.68. The number of halogens is 3. The van der Waals surface area contributed by atoms with Crippen molar-refractivity contribution in [2.75, 3.05) is 0 Å². The van der Waals surface area contributed by atoms with Crippen molar-refractivity contribution in [2.45, 2.75) is 42.7 Å². The first-order valence-electron chi connectivity index (χ1n) is 7.81. The van der Waals surface area contributed by atoms with Crippen molar-refractivity contribution >= 4 is 40.7 Å². The van der Waals surface area contributed by atoms with Crippen LogP contribution in [-0.4, -0.2) is 15.9 Å². The Kier molecular flexibility index (Phi) is 6.44. The van der Waals surface area contributed by atoms with E-state index in [4.69, 9.17) is 39.2 Å². The number of hydrogen-bond donors (Lipinski definition) is 2. The summed E-state index contributed by atoms with van der Waals surface area (Å²) in [5.74, 6) is 0.340. The molecule has 1 amide bonds. The molecular weight excluding hydrogens is 383 g/mol. The van der Waals surface area contributed by atoms with E-state index < -0.39 is 9.96 Å². The SMILES string of the molecule is CC(C)(C)c1ccc(C(=O)N[C@H](NCc2ccco2)C(Cl)(Cl)Cl)cc1. The third kappa shape index (κ3) is 5.93. The predicted octanol–water partition coefficient (Wildman–Crippen LogP) is 4.79. The molecule has 0 spiro atoms. The van der Waals surface area contributed by atoms with Crippen LogP contribution in [0.5, 0.6) is 0 Å². The summed E-state index contributed by atoms with van der Waals surface area (Å²) in [6.45, 7) is 6.65. The number of hydrogen-bond acceptors (Lipinski definition) is 3. The maximum atomic E-state index is 12.5. The van der Waals surface area contributed by atoms with Crippen molar-refractivity contribution in [1.82, 2.24) is 10.6 Å². The highest BCUT2D eigenvalue weighted by atomic mass is 35.6. The van der Waals surface area contributed by atoms with Crippen molar-refractivity contribution < 1.29 is 9.21 Å². The first kappa shape index (κ1) is 20.1. The fourth-order valence-corrected chi connectivity index (χ4v) is 2.60. The Morgan fingerprint density at radius 3 is 2.24 bits per heavy atom. The van der Waals surface area contributed by atoms with E-state index in [0.717, 1.165) is 5.56 Å². The fraction of sp³-hybridized carbons (Fsp3) is 0.389. The largest absolute Gasteiger partial charge is 0.468 e. The van der Waals surface area contributed by atoms with Crippen LogP contribution >= 0.6 is 34.8 Å². The maximum absolute atomic E-state index is 12.5. The summed E-state index contributed by atoms with van der Waals surface area (Å²) >= 11 is 17.9. The topological polar surface area (TPSA) is 54.3 Å². The Hall–Kier alpha value is -1.20. The van der Waals surface area contributed by atoms with E-state index in [2.05, 4.69) is 31.4 Å². The lowest BCUT2D eigenvalue weighted by Gasteiger charge is -2.26. The quantitative estimate of drug-likeness (QED) is 0.557. The third-order valence-corrected chi connectivity index (χ3v) is 4.33. The van der Waals surface area contributed by atoms with E-state index in [1.807, 2.05) is 12.1 Å². The zero-order valence-electron chi connectivity index (χ0n) is 14.3. The first-order valence-corrected chi connectivity index (χ1v) is 8.94. The second-order valence-corrected chi connectivity index (χ2v) is 9.10. The summed E-state index contributed by atoms with van der Waals surface area (Å²) in [5.41, 5.74) is 1.64. The predicted molar refractivity (Wildman–Crippen MR) is 102 cm³/mol. The summed E-state index contributed by atoms with van der Waals surface area (Å²) in [4.78, 5) is 12.5. The van der Waals surface area contributed by atoms with Crippen LogP contribution in [-0.2, 0) is 12.0 Å². The second-order valence-electron chi connectivity index (χ2n) is 6.74. The molecule has 0 fully saturated rings. The van der Waals surface area contributed by atoms with E-state index in [9.17, 15) is 4.79 Å². The molecule has 2 N–H and O–H groups in total. The van der Waals surface area contributed by atoms with Gasteiger partial charge < -0.3 is 9.73 Å². The van der Waals surface area contributed by atoms with Gasteiger partial charge in [0, 0.05) is 5.56 Å².